The first-order chi connectivity index (χ1) is 10.5. The minimum absolute atomic E-state index is 0.0124. The molecule has 4 nitrogen and oxygen atoms in total. The summed E-state index contributed by atoms with van der Waals surface area (Å²) in [6.45, 7) is 8.76. The van der Waals surface area contributed by atoms with E-state index in [1.807, 2.05) is 0 Å². The van der Waals surface area contributed by atoms with Crippen LogP contribution in [0, 0.1) is 5.41 Å². The molecular formula is C16H31F3N4. The molecule has 0 aromatic heterocycles. The largest absolute Gasteiger partial charge is 0.401 e. The third-order valence-corrected chi connectivity index (χ3v) is 3.95. The minimum atomic E-state index is -4.13. The molecular weight excluding hydrogens is 305 g/mol. The van der Waals surface area contributed by atoms with E-state index in [0.717, 1.165) is 12.8 Å². The highest BCUT2D eigenvalue weighted by Gasteiger charge is 2.34. The first-order valence-electron chi connectivity index (χ1n) is 8.27. The quantitative estimate of drug-likeness (QED) is 0.599. The number of hydrogen-bond acceptors (Lipinski definition) is 2. The summed E-state index contributed by atoms with van der Waals surface area (Å²) in [5, 5.41) is 6.57. The van der Waals surface area contributed by atoms with Gasteiger partial charge >= 0.3 is 6.18 Å². The van der Waals surface area contributed by atoms with Gasteiger partial charge in [-0.05, 0) is 31.6 Å². The molecule has 0 aliphatic carbocycles. The number of rotatable bonds is 5. The number of aliphatic imine (C=N–C) groups is 1. The van der Waals surface area contributed by atoms with Gasteiger partial charge in [-0.15, -0.1) is 0 Å². The lowest BCUT2D eigenvalue weighted by Crippen LogP contribution is -2.48. The molecule has 1 aliphatic rings. The molecule has 0 aromatic carbocycles. The first kappa shape index (κ1) is 20.1. The molecule has 1 aliphatic heterocycles. The number of likely N-dealkylation sites (tertiary alicyclic amines) is 1. The van der Waals surface area contributed by atoms with Crippen LogP contribution in [0.4, 0.5) is 13.2 Å². The average Bonchev–Trinajstić information content (AvgIpc) is 2.79. The number of guanidine groups is 1. The lowest BCUT2D eigenvalue weighted by Gasteiger charge is -2.24. The van der Waals surface area contributed by atoms with Crippen molar-refractivity contribution in [3.63, 3.8) is 0 Å². The van der Waals surface area contributed by atoms with Crippen molar-refractivity contribution >= 4 is 5.96 Å². The maximum Gasteiger partial charge on any atom is 0.401 e. The normalized spacial score (nSPS) is 22.3. The third kappa shape index (κ3) is 9.03. The van der Waals surface area contributed by atoms with E-state index in [-0.39, 0.29) is 17.5 Å². The van der Waals surface area contributed by atoms with Crippen LogP contribution in [-0.2, 0) is 0 Å². The maximum atomic E-state index is 12.4. The fourth-order valence-corrected chi connectivity index (χ4v) is 2.67. The highest BCUT2D eigenvalue weighted by molar-refractivity contribution is 5.80. The standard InChI is InChI=1S/C16H31F3N4/c1-12(6-8-15(2,3)4)21-14(20-5)22-13-7-9-23(10-13)11-16(17,18)19/h12-13H,6-11H2,1-5H3,(H2,20,21,22). The van der Waals surface area contributed by atoms with Gasteiger partial charge in [-0.3, -0.25) is 9.89 Å². The molecule has 2 atom stereocenters. The number of alkyl halides is 3. The second-order valence-corrected chi connectivity index (χ2v) is 7.70. The van der Waals surface area contributed by atoms with Gasteiger partial charge < -0.3 is 10.6 Å². The molecule has 1 fully saturated rings. The molecule has 1 heterocycles. The van der Waals surface area contributed by atoms with E-state index < -0.39 is 12.7 Å². The second kappa shape index (κ2) is 8.22. The van der Waals surface area contributed by atoms with Gasteiger partial charge in [-0.1, -0.05) is 20.8 Å². The minimum Gasteiger partial charge on any atom is -0.354 e. The molecule has 2 N–H and O–H groups in total. The van der Waals surface area contributed by atoms with Crippen molar-refractivity contribution in [2.24, 2.45) is 10.4 Å². The predicted molar refractivity (Wildman–Crippen MR) is 88.7 cm³/mol. The first-order valence-corrected chi connectivity index (χ1v) is 8.27. The van der Waals surface area contributed by atoms with E-state index in [9.17, 15) is 13.2 Å². The van der Waals surface area contributed by atoms with Crippen molar-refractivity contribution in [3.8, 4) is 0 Å². The van der Waals surface area contributed by atoms with E-state index in [0.29, 0.717) is 25.5 Å². The average molecular weight is 336 g/mol. The van der Waals surface area contributed by atoms with E-state index in [1.54, 1.807) is 7.05 Å². The Labute approximate surface area is 137 Å². The van der Waals surface area contributed by atoms with Crippen LogP contribution in [0.2, 0.25) is 0 Å². The summed E-state index contributed by atoms with van der Waals surface area (Å²) < 4.78 is 37.3. The zero-order valence-corrected chi connectivity index (χ0v) is 14.9. The van der Waals surface area contributed by atoms with Crippen LogP contribution < -0.4 is 10.6 Å². The molecule has 0 bridgehead atoms. The Kier molecular flexibility index (Phi) is 7.17. The highest BCUT2D eigenvalue weighted by Crippen LogP contribution is 2.22. The molecule has 23 heavy (non-hydrogen) atoms. The SMILES string of the molecule is CN=C(NC(C)CCC(C)(C)C)NC1CCN(CC(F)(F)F)C1. The molecule has 0 aromatic rings. The summed E-state index contributed by atoms with van der Waals surface area (Å²) in [5.74, 6) is 0.672. The summed E-state index contributed by atoms with van der Waals surface area (Å²) in [4.78, 5) is 5.63. The predicted octanol–water partition coefficient (Wildman–Crippen LogP) is 3.00. The zero-order valence-electron chi connectivity index (χ0n) is 14.9. The molecule has 0 spiro atoms. The van der Waals surface area contributed by atoms with Gasteiger partial charge in [0.05, 0.1) is 6.54 Å². The van der Waals surface area contributed by atoms with Gasteiger partial charge in [0.15, 0.2) is 5.96 Å². The highest BCUT2D eigenvalue weighted by atomic mass is 19.4. The Morgan fingerprint density at radius 3 is 2.48 bits per heavy atom. The van der Waals surface area contributed by atoms with E-state index in [4.69, 9.17) is 0 Å². The van der Waals surface area contributed by atoms with Crippen LogP contribution in [0.1, 0.15) is 47.0 Å². The lowest BCUT2D eigenvalue weighted by atomic mass is 9.89. The molecule has 0 radical (unpaired) electrons. The fraction of sp³-hybridized carbons (Fsp3) is 0.938. The summed E-state index contributed by atoms with van der Waals surface area (Å²) in [7, 11) is 1.69. The molecule has 136 valence electrons. The topological polar surface area (TPSA) is 39.7 Å². The van der Waals surface area contributed by atoms with Crippen molar-refractivity contribution in [1.82, 2.24) is 15.5 Å². The van der Waals surface area contributed by atoms with Gasteiger partial charge in [0, 0.05) is 32.2 Å². The van der Waals surface area contributed by atoms with Gasteiger partial charge in [-0.25, -0.2) is 0 Å². The van der Waals surface area contributed by atoms with Crippen LogP contribution in [0.3, 0.4) is 0 Å². The Bertz CT molecular complexity index is 388. The zero-order chi connectivity index (χ0) is 17.7. The Balaban J connectivity index is 2.37. The van der Waals surface area contributed by atoms with Crippen LogP contribution in [0.5, 0.6) is 0 Å². The summed E-state index contributed by atoms with van der Waals surface area (Å²) >= 11 is 0. The Morgan fingerprint density at radius 2 is 1.96 bits per heavy atom. The van der Waals surface area contributed by atoms with E-state index >= 15 is 0 Å². The van der Waals surface area contributed by atoms with Crippen molar-refractivity contribution in [2.75, 3.05) is 26.7 Å². The smallest absolute Gasteiger partial charge is 0.354 e. The van der Waals surface area contributed by atoms with Crippen molar-refractivity contribution in [3.05, 3.63) is 0 Å². The number of nitrogens with one attached hydrogen (secondary N) is 2. The molecule has 0 saturated carbocycles. The maximum absolute atomic E-state index is 12.4. The van der Waals surface area contributed by atoms with Gasteiger partial charge in [-0.2, -0.15) is 13.2 Å². The van der Waals surface area contributed by atoms with Crippen LogP contribution in [0.25, 0.3) is 0 Å². The van der Waals surface area contributed by atoms with Crippen molar-refractivity contribution in [2.45, 2.75) is 65.2 Å². The number of nitrogens with zero attached hydrogens (tertiary/aromatic N) is 2. The summed E-state index contributed by atoms with van der Waals surface area (Å²) in [6.07, 6.45) is -1.31. The van der Waals surface area contributed by atoms with E-state index in [1.165, 1.54) is 4.90 Å². The lowest BCUT2D eigenvalue weighted by molar-refractivity contribution is -0.143. The fourth-order valence-electron chi connectivity index (χ4n) is 2.67. The van der Waals surface area contributed by atoms with Gasteiger partial charge in [0.2, 0.25) is 0 Å². The summed E-state index contributed by atoms with van der Waals surface area (Å²) in [5.41, 5.74) is 0.288. The van der Waals surface area contributed by atoms with Crippen LogP contribution in [-0.4, -0.2) is 55.8 Å². The number of halogens is 3. The Hall–Kier alpha value is -0.980. The van der Waals surface area contributed by atoms with Crippen LogP contribution in [0.15, 0.2) is 4.99 Å². The second-order valence-electron chi connectivity index (χ2n) is 7.70. The van der Waals surface area contributed by atoms with Crippen molar-refractivity contribution in [1.29, 1.82) is 0 Å². The third-order valence-electron chi connectivity index (χ3n) is 3.95. The van der Waals surface area contributed by atoms with Gasteiger partial charge in [0.1, 0.15) is 0 Å². The Morgan fingerprint density at radius 1 is 1.30 bits per heavy atom. The van der Waals surface area contributed by atoms with Crippen LogP contribution >= 0.6 is 0 Å². The number of hydrogen-bond donors (Lipinski definition) is 2. The molecule has 2 unspecified atom stereocenters. The van der Waals surface area contributed by atoms with Gasteiger partial charge in [0.25, 0.3) is 0 Å². The van der Waals surface area contributed by atoms with Crippen molar-refractivity contribution < 1.29 is 13.2 Å². The molecule has 1 saturated heterocycles. The molecule has 7 heteroatoms. The molecule has 0 amide bonds. The van der Waals surface area contributed by atoms with E-state index in [2.05, 4.69) is 43.3 Å². The molecule has 1 rings (SSSR count). The summed E-state index contributed by atoms with van der Waals surface area (Å²) in [6, 6.07) is 0.284. The monoisotopic (exact) mass is 336 g/mol.